The van der Waals surface area contributed by atoms with Crippen molar-refractivity contribution in [1.29, 1.82) is 0 Å². The van der Waals surface area contributed by atoms with Crippen LogP contribution < -0.4 is 0 Å². The van der Waals surface area contributed by atoms with Crippen LogP contribution in [0.1, 0.15) is 11.1 Å². The van der Waals surface area contributed by atoms with Crippen LogP contribution in [0.15, 0.2) is 95.6 Å². The highest BCUT2D eigenvalue weighted by Gasteiger charge is 2.24. The van der Waals surface area contributed by atoms with Gasteiger partial charge in [0.05, 0.1) is 0 Å². The molecule has 1 aliphatic heterocycles. The van der Waals surface area contributed by atoms with Crippen molar-refractivity contribution >= 4 is 28.7 Å². The molecule has 3 aromatic rings. The van der Waals surface area contributed by atoms with Crippen molar-refractivity contribution in [2.75, 3.05) is 0 Å². The lowest BCUT2D eigenvalue weighted by atomic mass is 10.0. The molecule has 0 spiro atoms. The van der Waals surface area contributed by atoms with Gasteiger partial charge in [-0.25, -0.2) is 9.79 Å². The largest absolute Gasteiger partial charge is 0.402 e. The van der Waals surface area contributed by atoms with Crippen molar-refractivity contribution in [1.82, 2.24) is 0 Å². The van der Waals surface area contributed by atoms with Crippen LogP contribution in [0.3, 0.4) is 0 Å². The molecule has 3 heteroatoms. The molecule has 0 aromatic heterocycles. The quantitative estimate of drug-likeness (QED) is 0.515. The molecular formula is C22H15NO2. The van der Waals surface area contributed by atoms with Crippen molar-refractivity contribution < 1.29 is 9.53 Å². The van der Waals surface area contributed by atoms with Crippen molar-refractivity contribution in [3.63, 3.8) is 0 Å². The second-order valence-electron chi connectivity index (χ2n) is 5.65. The monoisotopic (exact) mass is 325 g/mol. The van der Waals surface area contributed by atoms with E-state index in [1.165, 1.54) is 0 Å². The smallest absolute Gasteiger partial charge is 0.363 e. The van der Waals surface area contributed by atoms with Crippen LogP contribution in [-0.4, -0.2) is 11.9 Å². The first-order valence-electron chi connectivity index (χ1n) is 8.04. The van der Waals surface area contributed by atoms with E-state index in [1.54, 1.807) is 6.08 Å². The first-order chi connectivity index (χ1) is 12.3. The van der Waals surface area contributed by atoms with Crippen molar-refractivity contribution in [3.05, 3.63) is 102 Å². The standard InChI is InChI=1S/C22H15NO2/c24-22-20(15-6-10-16-8-2-1-3-9-16)23-21(25-22)19-14-7-12-17-11-4-5-13-18(17)19/h1-15H. The molecule has 120 valence electrons. The summed E-state index contributed by atoms with van der Waals surface area (Å²) in [6, 6.07) is 23.7. The first-order valence-corrected chi connectivity index (χ1v) is 8.04. The maximum atomic E-state index is 12.1. The topological polar surface area (TPSA) is 38.7 Å². The maximum absolute atomic E-state index is 12.1. The van der Waals surface area contributed by atoms with Gasteiger partial charge in [-0.1, -0.05) is 78.9 Å². The molecule has 0 fully saturated rings. The third kappa shape index (κ3) is 3.12. The number of rotatable bonds is 3. The zero-order chi connectivity index (χ0) is 17.1. The lowest BCUT2D eigenvalue weighted by Crippen LogP contribution is -2.05. The molecule has 0 saturated heterocycles. The molecule has 0 aliphatic carbocycles. The third-order valence-electron chi connectivity index (χ3n) is 3.98. The van der Waals surface area contributed by atoms with Gasteiger partial charge in [-0.2, -0.15) is 0 Å². The third-order valence-corrected chi connectivity index (χ3v) is 3.98. The molecule has 0 unspecified atom stereocenters. The number of allylic oxidation sites excluding steroid dienone is 2. The molecule has 25 heavy (non-hydrogen) atoms. The Labute approximate surface area is 145 Å². The molecule has 3 nitrogen and oxygen atoms in total. The van der Waals surface area contributed by atoms with Gasteiger partial charge in [0.2, 0.25) is 5.90 Å². The number of hydrogen-bond acceptors (Lipinski definition) is 3. The number of carbonyl (C=O) groups is 1. The van der Waals surface area contributed by atoms with Gasteiger partial charge in [-0.05, 0) is 28.5 Å². The highest BCUT2D eigenvalue weighted by molar-refractivity contribution is 6.16. The molecule has 4 rings (SSSR count). The molecule has 0 radical (unpaired) electrons. The summed E-state index contributed by atoms with van der Waals surface area (Å²) in [5.41, 5.74) is 2.18. The molecule has 0 N–H and O–H groups in total. The number of esters is 1. The van der Waals surface area contributed by atoms with E-state index in [9.17, 15) is 4.79 Å². The van der Waals surface area contributed by atoms with Gasteiger partial charge in [0.15, 0.2) is 5.70 Å². The van der Waals surface area contributed by atoms with E-state index in [2.05, 4.69) is 4.99 Å². The van der Waals surface area contributed by atoms with Gasteiger partial charge in [-0.3, -0.25) is 0 Å². The van der Waals surface area contributed by atoms with Gasteiger partial charge in [0.25, 0.3) is 0 Å². The van der Waals surface area contributed by atoms with Crippen LogP contribution >= 0.6 is 0 Å². The van der Waals surface area contributed by atoms with Crippen LogP contribution in [0, 0.1) is 0 Å². The molecule has 1 heterocycles. The van der Waals surface area contributed by atoms with E-state index < -0.39 is 5.97 Å². The van der Waals surface area contributed by atoms with Gasteiger partial charge < -0.3 is 4.74 Å². The molecule has 0 amide bonds. The van der Waals surface area contributed by atoms with E-state index in [-0.39, 0.29) is 0 Å². The zero-order valence-corrected chi connectivity index (χ0v) is 13.4. The van der Waals surface area contributed by atoms with Crippen LogP contribution in [0.5, 0.6) is 0 Å². The maximum Gasteiger partial charge on any atom is 0.363 e. The normalized spacial score (nSPS) is 15.8. The number of fused-ring (bicyclic) bond motifs is 1. The fourth-order valence-corrected chi connectivity index (χ4v) is 2.76. The Morgan fingerprint density at radius 3 is 2.48 bits per heavy atom. The minimum atomic E-state index is -0.430. The number of hydrogen-bond donors (Lipinski definition) is 0. The second-order valence-corrected chi connectivity index (χ2v) is 5.65. The Kier molecular flexibility index (Phi) is 3.97. The number of carbonyl (C=O) groups excluding carboxylic acids is 1. The number of aliphatic imine (C=N–C) groups is 1. The minimum absolute atomic E-state index is 0.301. The average Bonchev–Trinajstić information content (AvgIpc) is 3.03. The van der Waals surface area contributed by atoms with Crippen LogP contribution in [0.2, 0.25) is 0 Å². The van der Waals surface area contributed by atoms with Crippen LogP contribution in [-0.2, 0) is 9.53 Å². The molecule has 0 atom stereocenters. The number of ether oxygens (including phenoxy) is 1. The Morgan fingerprint density at radius 1 is 0.840 bits per heavy atom. The van der Waals surface area contributed by atoms with E-state index in [4.69, 9.17) is 4.74 Å². The van der Waals surface area contributed by atoms with Crippen molar-refractivity contribution in [2.45, 2.75) is 0 Å². The first kappa shape index (κ1) is 15.1. The summed E-state index contributed by atoms with van der Waals surface area (Å²) in [5.74, 6) is -0.0817. The average molecular weight is 325 g/mol. The van der Waals surface area contributed by atoms with Gasteiger partial charge >= 0.3 is 5.97 Å². The van der Waals surface area contributed by atoms with Crippen molar-refractivity contribution in [2.24, 2.45) is 4.99 Å². The number of nitrogens with zero attached hydrogens (tertiary/aromatic N) is 1. The molecule has 3 aromatic carbocycles. The Balaban J connectivity index is 1.66. The van der Waals surface area contributed by atoms with Gasteiger partial charge in [-0.15, -0.1) is 0 Å². The predicted molar refractivity (Wildman–Crippen MR) is 100 cm³/mol. The van der Waals surface area contributed by atoms with E-state index >= 15 is 0 Å². The summed E-state index contributed by atoms with van der Waals surface area (Å²) in [4.78, 5) is 16.5. The van der Waals surface area contributed by atoms with Crippen LogP contribution in [0.25, 0.3) is 16.8 Å². The van der Waals surface area contributed by atoms with E-state index in [0.717, 1.165) is 21.9 Å². The fraction of sp³-hybridized carbons (Fsp3) is 0. The lowest BCUT2D eigenvalue weighted by molar-refractivity contribution is -0.130. The van der Waals surface area contributed by atoms with E-state index in [0.29, 0.717) is 11.6 Å². The molecule has 0 bridgehead atoms. The SMILES string of the molecule is O=C1OC(c2cccc3ccccc23)=NC1=CC=Cc1ccccc1. The van der Waals surface area contributed by atoms with Crippen molar-refractivity contribution in [3.8, 4) is 0 Å². The number of benzene rings is 3. The van der Waals surface area contributed by atoms with E-state index in [1.807, 2.05) is 84.9 Å². The minimum Gasteiger partial charge on any atom is -0.402 e. The summed E-state index contributed by atoms with van der Waals surface area (Å²) >= 11 is 0. The summed E-state index contributed by atoms with van der Waals surface area (Å²) < 4.78 is 5.38. The molecular weight excluding hydrogens is 310 g/mol. The van der Waals surface area contributed by atoms with Gasteiger partial charge in [0, 0.05) is 5.56 Å². The summed E-state index contributed by atoms with van der Waals surface area (Å²) in [7, 11) is 0. The molecule has 1 aliphatic rings. The number of cyclic esters (lactones) is 1. The summed E-state index contributed by atoms with van der Waals surface area (Å²) in [6.45, 7) is 0. The highest BCUT2D eigenvalue weighted by Crippen LogP contribution is 2.23. The fourth-order valence-electron chi connectivity index (χ4n) is 2.76. The van der Waals surface area contributed by atoms with Crippen LogP contribution in [0.4, 0.5) is 0 Å². The second kappa shape index (κ2) is 6.57. The summed E-state index contributed by atoms with van der Waals surface area (Å²) in [6.07, 6.45) is 5.40. The Hall–Kier alpha value is -3.46. The lowest BCUT2D eigenvalue weighted by Gasteiger charge is -2.04. The zero-order valence-electron chi connectivity index (χ0n) is 13.4. The van der Waals surface area contributed by atoms with Gasteiger partial charge in [0.1, 0.15) is 0 Å². The molecule has 0 saturated carbocycles. The summed E-state index contributed by atoms with van der Waals surface area (Å²) in [5, 5.41) is 2.10. The Morgan fingerprint density at radius 2 is 1.60 bits per heavy atom. The predicted octanol–water partition coefficient (Wildman–Crippen LogP) is 4.74. The Bertz CT molecular complexity index is 1020. The highest BCUT2D eigenvalue weighted by atomic mass is 16.6.